The molecule has 3 heterocycles. The van der Waals surface area contributed by atoms with Gasteiger partial charge in [0.05, 0.1) is 11.3 Å². The molecular formula is C12H12N6O. The van der Waals surface area contributed by atoms with Crippen molar-refractivity contribution in [2.75, 3.05) is 5.32 Å². The third-order valence-electron chi connectivity index (χ3n) is 3.03. The topological polar surface area (TPSA) is 98.7 Å². The van der Waals surface area contributed by atoms with Crippen molar-refractivity contribution in [2.45, 2.75) is 13.0 Å². The molecule has 0 saturated heterocycles. The molecule has 0 fully saturated rings. The van der Waals surface area contributed by atoms with Crippen molar-refractivity contribution in [3.8, 4) is 0 Å². The smallest absolute Gasteiger partial charge is 0.248 e. The summed E-state index contributed by atoms with van der Waals surface area (Å²) in [6.45, 7) is 1.79. The fourth-order valence-electron chi connectivity index (χ4n) is 2.22. The van der Waals surface area contributed by atoms with Crippen LogP contribution in [0.2, 0.25) is 0 Å². The van der Waals surface area contributed by atoms with Crippen LogP contribution in [0.1, 0.15) is 18.7 Å². The Hall–Kier alpha value is -2.70. The number of nitrogens with one attached hydrogen (secondary N) is 1. The molecule has 0 aliphatic carbocycles. The van der Waals surface area contributed by atoms with Gasteiger partial charge in [0.25, 0.3) is 0 Å². The summed E-state index contributed by atoms with van der Waals surface area (Å²) in [4.78, 5) is 20.1. The van der Waals surface area contributed by atoms with Crippen LogP contribution >= 0.6 is 0 Å². The van der Waals surface area contributed by atoms with Gasteiger partial charge < -0.3 is 11.1 Å². The lowest BCUT2D eigenvalue weighted by Crippen LogP contribution is -2.32. The molecule has 3 rings (SSSR count). The van der Waals surface area contributed by atoms with Crippen LogP contribution in [0.15, 0.2) is 42.0 Å². The molecule has 7 heteroatoms. The third-order valence-corrected chi connectivity index (χ3v) is 3.03. The molecule has 1 atom stereocenters. The Balaban J connectivity index is 2.21. The summed E-state index contributed by atoms with van der Waals surface area (Å²) in [6.07, 6.45) is 3.09. The second kappa shape index (κ2) is 4.20. The van der Waals surface area contributed by atoms with Crippen LogP contribution in [-0.2, 0) is 4.79 Å². The molecule has 0 saturated carbocycles. The van der Waals surface area contributed by atoms with E-state index < -0.39 is 11.9 Å². The highest BCUT2D eigenvalue weighted by Gasteiger charge is 2.32. The van der Waals surface area contributed by atoms with E-state index in [1.807, 2.05) is 18.2 Å². The fraction of sp³-hybridized carbons (Fsp3) is 0.167. The molecular weight excluding hydrogens is 244 g/mol. The van der Waals surface area contributed by atoms with Gasteiger partial charge in [-0.25, -0.2) is 4.68 Å². The second-order valence-electron chi connectivity index (χ2n) is 4.21. The third kappa shape index (κ3) is 1.75. The number of nitrogens with two attached hydrogens (primary N) is 1. The Kier molecular flexibility index (Phi) is 2.52. The summed E-state index contributed by atoms with van der Waals surface area (Å²) < 4.78 is 1.61. The molecule has 2 aromatic rings. The zero-order chi connectivity index (χ0) is 13.4. The van der Waals surface area contributed by atoms with Gasteiger partial charge in [0.15, 0.2) is 0 Å². The molecule has 3 N–H and O–H groups in total. The summed E-state index contributed by atoms with van der Waals surface area (Å²) in [5.74, 6) is 0.0694. The molecule has 19 heavy (non-hydrogen) atoms. The zero-order valence-electron chi connectivity index (χ0n) is 10.2. The average molecular weight is 256 g/mol. The molecule has 7 nitrogen and oxygen atoms in total. The van der Waals surface area contributed by atoms with Crippen molar-refractivity contribution in [3.05, 3.63) is 47.7 Å². The molecule has 0 unspecified atom stereocenters. The molecule has 1 aliphatic heterocycles. The minimum absolute atomic E-state index is 0.441. The number of allylic oxidation sites excluding steroid dienone is 1. The highest BCUT2D eigenvalue weighted by molar-refractivity contribution is 5.95. The number of carbonyl (C=O) groups is 1. The van der Waals surface area contributed by atoms with Crippen LogP contribution in [-0.4, -0.2) is 25.7 Å². The minimum Gasteiger partial charge on any atom is -0.366 e. The van der Waals surface area contributed by atoms with Gasteiger partial charge in [0, 0.05) is 11.9 Å². The second-order valence-corrected chi connectivity index (χ2v) is 4.21. The minimum atomic E-state index is -0.498. The number of pyridine rings is 1. The maximum Gasteiger partial charge on any atom is 0.248 e. The van der Waals surface area contributed by atoms with Crippen molar-refractivity contribution in [1.29, 1.82) is 0 Å². The van der Waals surface area contributed by atoms with Gasteiger partial charge >= 0.3 is 0 Å². The Bertz CT molecular complexity index is 660. The molecule has 0 spiro atoms. The zero-order valence-corrected chi connectivity index (χ0v) is 10.2. The van der Waals surface area contributed by atoms with Gasteiger partial charge in [-0.3, -0.25) is 9.78 Å². The molecule has 96 valence electrons. The molecule has 0 aromatic carbocycles. The average Bonchev–Trinajstić information content (AvgIpc) is 2.85. The van der Waals surface area contributed by atoms with E-state index in [9.17, 15) is 4.79 Å². The first-order chi connectivity index (χ1) is 9.18. The van der Waals surface area contributed by atoms with E-state index in [0.29, 0.717) is 22.9 Å². The first-order valence-electron chi connectivity index (χ1n) is 5.76. The Morgan fingerprint density at radius 3 is 2.95 bits per heavy atom. The lowest BCUT2D eigenvalue weighted by atomic mass is 9.99. The number of hydrogen-bond acceptors (Lipinski definition) is 5. The van der Waals surface area contributed by atoms with E-state index in [0.717, 1.165) is 0 Å². The van der Waals surface area contributed by atoms with Crippen LogP contribution in [0, 0.1) is 0 Å². The quantitative estimate of drug-likeness (QED) is 0.812. The molecule has 1 amide bonds. The lowest BCUT2D eigenvalue weighted by Gasteiger charge is -2.26. The number of aromatic nitrogens is 4. The number of fused-ring (bicyclic) bond motifs is 1. The summed E-state index contributed by atoms with van der Waals surface area (Å²) in [5.41, 5.74) is 7.29. The monoisotopic (exact) mass is 256 g/mol. The van der Waals surface area contributed by atoms with Crippen LogP contribution < -0.4 is 11.1 Å². The molecule has 2 aromatic heterocycles. The predicted molar refractivity (Wildman–Crippen MR) is 67.9 cm³/mol. The van der Waals surface area contributed by atoms with E-state index in [4.69, 9.17) is 5.73 Å². The van der Waals surface area contributed by atoms with Crippen molar-refractivity contribution < 1.29 is 4.79 Å². The van der Waals surface area contributed by atoms with Crippen molar-refractivity contribution in [1.82, 2.24) is 19.7 Å². The number of rotatable bonds is 2. The summed E-state index contributed by atoms with van der Waals surface area (Å²) in [6, 6.07) is 5.05. The lowest BCUT2D eigenvalue weighted by molar-refractivity contribution is -0.115. The van der Waals surface area contributed by atoms with Gasteiger partial charge in [0.2, 0.25) is 11.9 Å². The number of amides is 1. The van der Waals surface area contributed by atoms with Crippen LogP contribution in [0.3, 0.4) is 0 Å². The summed E-state index contributed by atoms with van der Waals surface area (Å²) in [5, 5.41) is 7.15. The van der Waals surface area contributed by atoms with Crippen LogP contribution in [0.4, 0.5) is 5.95 Å². The van der Waals surface area contributed by atoms with Gasteiger partial charge in [-0.1, -0.05) is 6.07 Å². The van der Waals surface area contributed by atoms with E-state index >= 15 is 0 Å². The Morgan fingerprint density at radius 1 is 1.42 bits per heavy atom. The number of carbonyl (C=O) groups excluding carboxylic acids is 1. The van der Waals surface area contributed by atoms with Crippen LogP contribution in [0.25, 0.3) is 0 Å². The standard InChI is InChI=1S/C12H12N6O/c1-7-9(11(13)19)10(8-4-2-3-5-14-8)18-12(17-7)15-6-16-18/h2-6,10H,1H3,(H2,13,19)(H,15,16,17)/t10-/m1/s1. The normalized spacial score (nSPS) is 17.8. The maximum atomic E-state index is 11.7. The Morgan fingerprint density at radius 2 is 2.26 bits per heavy atom. The highest BCUT2D eigenvalue weighted by Crippen LogP contribution is 2.32. The predicted octanol–water partition coefficient (Wildman–Crippen LogP) is 0.447. The Labute approximate surface area is 109 Å². The highest BCUT2D eigenvalue weighted by atomic mass is 16.1. The van der Waals surface area contributed by atoms with E-state index in [1.165, 1.54) is 6.33 Å². The SMILES string of the molecule is CC1=C(C(N)=O)[C@@H](c2ccccn2)n2ncnc2N1. The number of anilines is 1. The van der Waals surface area contributed by atoms with E-state index in [2.05, 4.69) is 20.4 Å². The largest absolute Gasteiger partial charge is 0.366 e. The first-order valence-corrected chi connectivity index (χ1v) is 5.76. The number of nitrogens with zero attached hydrogens (tertiary/aromatic N) is 4. The van der Waals surface area contributed by atoms with Crippen molar-refractivity contribution in [3.63, 3.8) is 0 Å². The molecule has 0 radical (unpaired) electrons. The fourth-order valence-corrected chi connectivity index (χ4v) is 2.22. The first kappa shape index (κ1) is 11.4. The molecule has 0 bridgehead atoms. The summed E-state index contributed by atoms with van der Waals surface area (Å²) in [7, 11) is 0. The van der Waals surface area contributed by atoms with Crippen LogP contribution in [0.5, 0.6) is 0 Å². The van der Waals surface area contributed by atoms with E-state index in [1.54, 1.807) is 17.8 Å². The summed E-state index contributed by atoms with van der Waals surface area (Å²) >= 11 is 0. The molecule has 1 aliphatic rings. The van der Waals surface area contributed by atoms with Gasteiger partial charge in [-0.15, -0.1) is 0 Å². The van der Waals surface area contributed by atoms with Gasteiger partial charge in [-0.05, 0) is 19.1 Å². The van der Waals surface area contributed by atoms with Crippen molar-refractivity contribution >= 4 is 11.9 Å². The van der Waals surface area contributed by atoms with Gasteiger partial charge in [0.1, 0.15) is 12.4 Å². The number of hydrogen-bond donors (Lipinski definition) is 2. The van der Waals surface area contributed by atoms with Gasteiger partial charge in [-0.2, -0.15) is 10.1 Å². The van der Waals surface area contributed by atoms with E-state index in [-0.39, 0.29) is 0 Å². The van der Waals surface area contributed by atoms with Crippen molar-refractivity contribution in [2.24, 2.45) is 5.73 Å². The maximum absolute atomic E-state index is 11.7. The number of primary amides is 1.